The Balaban J connectivity index is 1.44. The maximum absolute atomic E-state index is 6.04. The Kier molecular flexibility index (Phi) is 4.27. The van der Waals surface area contributed by atoms with Crippen molar-refractivity contribution < 1.29 is 4.74 Å². The average Bonchev–Trinajstić information content (AvgIpc) is 3.02. The summed E-state index contributed by atoms with van der Waals surface area (Å²) in [5.41, 5.74) is 1.37. The predicted molar refractivity (Wildman–Crippen MR) is 82.2 cm³/mol. The van der Waals surface area contributed by atoms with Crippen LogP contribution in [0.2, 0.25) is 0 Å². The number of benzene rings is 1. The number of hydrogen-bond donors (Lipinski definition) is 1. The maximum atomic E-state index is 6.04. The molecule has 20 heavy (non-hydrogen) atoms. The smallest absolute Gasteiger partial charge is 0.123 e. The van der Waals surface area contributed by atoms with Gasteiger partial charge in [-0.1, -0.05) is 32.0 Å². The fourth-order valence-electron chi connectivity index (χ4n) is 3.29. The van der Waals surface area contributed by atoms with Gasteiger partial charge in [0.2, 0.25) is 0 Å². The molecule has 0 amide bonds. The van der Waals surface area contributed by atoms with Crippen molar-refractivity contribution in [2.24, 2.45) is 5.92 Å². The lowest BCUT2D eigenvalue weighted by Crippen LogP contribution is -2.35. The second-order valence-electron chi connectivity index (χ2n) is 6.53. The molecule has 2 unspecified atom stereocenters. The van der Waals surface area contributed by atoms with Gasteiger partial charge in [-0.2, -0.15) is 0 Å². The zero-order valence-electron chi connectivity index (χ0n) is 12.6. The highest BCUT2D eigenvalue weighted by Gasteiger charge is 2.28. The van der Waals surface area contributed by atoms with Gasteiger partial charge in [-0.15, -0.1) is 0 Å². The van der Waals surface area contributed by atoms with E-state index in [1.165, 1.54) is 25.1 Å². The first-order chi connectivity index (χ1) is 9.70. The van der Waals surface area contributed by atoms with Crippen LogP contribution in [-0.4, -0.2) is 43.2 Å². The molecule has 0 radical (unpaired) electrons. The van der Waals surface area contributed by atoms with Gasteiger partial charge in [0.05, 0.1) is 0 Å². The van der Waals surface area contributed by atoms with E-state index in [1.807, 2.05) is 0 Å². The monoisotopic (exact) mass is 274 g/mol. The second kappa shape index (κ2) is 6.15. The molecule has 110 valence electrons. The summed E-state index contributed by atoms with van der Waals surface area (Å²) in [4.78, 5) is 2.57. The Bertz CT molecular complexity index is 421. The van der Waals surface area contributed by atoms with Crippen LogP contribution in [-0.2, 0) is 6.42 Å². The maximum Gasteiger partial charge on any atom is 0.123 e. The summed E-state index contributed by atoms with van der Waals surface area (Å²) in [7, 11) is 0. The van der Waals surface area contributed by atoms with Gasteiger partial charge in [0, 0.05) is 25.6 Å². The topological polar surface area (TPSA) is 24.5 Å². The summed E-state index contributed by atoms with van der Waals surface area (Å²) >= 11 is 0. The SMILES string of the molecule is CC(C)NCC1CCN(CC2Cc3ccccc3O2)C1. The van der Waals surface area contributed by atoms with Crippen LogP contribution in [0.25, 0.3) is 0 Å². The van der Waals surface area contributed by atoms with Crippen LogP contribution in [0.4, 0.5) is 0 Å². The number of para-hydroxylation sites is 1. The number of nitrogens with one attached hydrogen (secondary N) is 1. The summed E-state index contributed by atoms with van der Waals surface area (Å²) in [6.45, 7) is 9.11. The highest BCUT2D eigenvalue weighted by molar-refractivity contribution is 5.37. The minimum absolute atomic E-state index is 0.351. The zero-order valence-corrected chi connectivity index (χ0v) is 12.6. The predicted octanol–water partition coefficient (Wildman–Crippen LogP) is 2.31. The highest BCUT2D eigenvalue weighted by Crippen LogP contribution is 2.29. The van der Waals surface area contributed by atoms with Crippen molar-refractivity contribution in [3.05, 3.63) is 29.8 Å². The van der Waals surface area contributed by atoms with Crippen molar-refractivity contribution in [1.82, 2.24) is 10.2 Å². The van der Waals surface area contributed by atoms with Crippen molar-refractivity contribution in [2.75, 3.05) is 26.2 Å². The van der Waals surface area contributed by atoms with Gasteiger partial charge in [0.25, 0.3) is 0 Å². The van der Waals surface area contributed by atoms with Gasteiger partial charge >= 0.3 is 0 Å². The van der Waals surface area contributed by atoms with Gasteiger partial charge in [-0.3, -0.25) is 4.90 Å². The standard InChI is InChI=1S/C17H26N2O/c1-13(2)18-10-14-7-8-19(11-14)12-16-9-15-5-3-4-6-17(15)20-16/h3-6,13-14,16,18H,7-12H2,1-2H3. The minimum atomic E-state index is 0.351. The molecule has 3 nitrogen and oxygen atoms in total. The van der Waals surface area contributed by atoms with E-state index >= 15 is 0 Å². The molecule has 2 aliphatic rings. The zero-order chi connectivity index (χ0) is 13.9. The fourth-order valence-corrected chi connectivity index (χ4v) is 3.29. The summed E-state index contributed by atoms with van der Waals surface area (Å²) in [5, 5.41) is 3.56. The molecule has 1 fully saturated rings. The van der Waals surface area contributed by atoms with Crippen LogP contribution in [0.1, 0.15) is 25.8 Å². The molecule has 1 aromatic rings. The summed E-state index contributed by atoms with van der Waals surface area (Å²) in [5.74, 6) is 1.90. The Morgan fingerprint density at radius 3 is 3.00 bits per heavy atom. The number of fused-ring (bicyclic) bond motifs is 1. The van der Waals surface area contributed by atoms with Crippen molar-refractivity contribution in [3.8, 4) is 5.75 Å². The van der Waals surface area contributed by atoms with E-state index in [9.17, 15) is 0 Å². The van der Waals surface area contributed by atoms with Crippen LogP contribution >= 0.6 is 0 Å². The molecule has 1 saturated heterocycles. The van der Waals surface area contributed by atoms with Crippen molar-refractivity contribution in [1.29, 1.82) is 0 Å². The van der Waals surface area contributed by atoms with E-state index in [2.05, 4.69) is 48.3 Å². The molecule has 0 aromatic heterocycles. The van der Waals surface area contributed by atoms with E-state index in [-0.39, 0.29) is 0 Å². The summed E-state index contributed by atoms with van der Waals surface area (Å²) in [6.07, 6.45) is 2.74. The Morgan fingerprint density at radius 1 is 1.35 bits per heavy atom. The third-order valence-corrected chi connectivity index (χ3v) is 4.36. The first kappa shape index (κ1) is 13.9. The molecule has 2 atom stereocenters. The number of nitrogens with zero attached hydrogens (tertiary/aromatic N) is 1. The lowest BCUT2D eigenvalue weighted by molar-refractivity contribution is 0.165. The molecule has 0 aliphatic carbocycles. The lowest BCUT2D eigenvalue weighted by atomic mass is 10.1. The largest absolute Gasteiger partial charge is 0.488 e. The van der Waals surface area contributed by atoms with Crippen LogP contribution < -0.4 is 10.1 Å². The molecule has 1 N–H and O–H groups in total. The highest BCUT2D eigenvalue weighted by atomic mass is 16.5. The third kappa shape index (κ3) is 3.33. The van der Waals surface area contributed by atoms with Crippen LogP contribution in [0.15, 0.2) is 24.3 Å². The van der Waals surface area contributed by atoms with Gasteiger partial charge in [0.15, 0.2) is 0 Å². The molecule has 3 heteroatoms. The van der Waals surface area contributed by atoms with Crippen LogP contribution in [0.3, 0.4) is 0 Å². The number of likely N-dealkylation sites (tertiary alicyclic amines) is 1. The van der Waals surface area contributed by atoms with E-state index < -0.39 is 0 Å². The van der Waals surface area contributed by atoms with E-state index in [0.717, 1.165) is 31.2 Å². The Labute approximate surface area is 122 Å². The van der Waals surface area contributed by atoms with Gasteiger partial charge in [-0.05, 0) is 37.1 Å². The normalized spacial score (nSPS) is 25.9. The van der Waals surface area contributed by atoms with Gasteiger partial charge in [0.1, 0.15) is 11.9 Å². The number of rotatable bonds is 5. The van der Waals surface area contributed by atoms with Crippen molar-refractivity contribution in [3.63, 3.8) is 0 Å². The lowest BCUT2D eigenvalue weighted by Gasteiger charge is -2.20. The van der Waals surface area contributed by atoms with Crippen LogP contribution in [0, 0.1) is 5.92 Å². The van der Waals surface area contributed by atoms with Crippen LogP contribution in [0.5, 0.6) is 5.75 Å². The summed E-state index contributed by atoms with van der Waals surface area (Å²) < 4.78 is 6.04. The fraction of sp³-hybridized carbons (Fsp3) is 0.647. The second-order valence-corrected chi connectivity index (χ2v) is 6.53. The average molecular weight is 274 g/mol. The molecular formula is C17H26N2O. The van der Waals surface area contributed by atoms with E-state index in [0.29, 0.717) is 12.1 Å². The molecule has 0 bridgehead atoms. The number of hydrogen-bond acceptors (Lipinski definition) is 3. The third-order valence-electron chi connectivity index (χ3n) is 4.36. The molecular weight excluding hydrogens is 248 g/mol. The van der Waals surface area contributed by atoms with Crippen molar-refractivity contribution in [2.45, 2.75) is 38.8 Å². The van der Waals surface area contributed by atoms with E-state index in [1.54, 1.807) is 0 Å². The molecule has 2 aliphatic heterocycles. The Hall–Kier alpha value is -1.06. The van der Waals surface area contributed by atoms with Crippen molar-refractivity contribution >= 4 is 0 Å². The summed E-state index contributed by atoms with van der Waals surface area (Å²) in [6, 6.07) is 9.04. The molecule has 0 spiro atoms. The van der Waals surface area contributed by atoms with Gasteiger partial charge < -0.3 is 10.1 Å². The minimum Gasteiger partial charge on any atom is -0.488 e. The molecule has 1 aromatic carbocycles. The quantitative estimate of drug-likeness (QED) is 0.892. The Morgan fingerprint density at radius 2 is 2.20 bits per heavy atom. The number of ether oxygens (including phenoxy) is 1. The molecule has 2 heterocycles. The molecule has 3 rings (SSSR count). The molecule has 0 saturated carbocycles. The first-order valence-electron chi connectivity index (χ1n) is 7.91. The van der Waals surface area contributed by atoms with E-state index in [4.69, 9.17) is 4.74 Å². The first-order valence-corrected chi connectivity index (χ1v) is 7.91. The van der Waals surface area contributed by atoms with Gasteiger partial charge in [-0.25, -0.2) is 0 Å².